The molecule has 0 aliphatic rings. The van der Waals surface area contributed by atoms with Gasteiger partial charge in [-0.05, 0) is 0 Å². The molecule has 0 aliphatic heterocycles. The van der Waals surface area contributed by atoms with Crippen LogP contribution in [-0.2, 0) is 9.13 Å². The number of phosphoric acid groups is 2. The van der Waals surface area contributed by atoms with Gasteiger partial charge < -0.3 is 40.3 Å². The number of hydrogen-bond acceptors (Lipinski definition) is 4. The molecule has 0 saturated heterocycles. The van der Waals surface area contributed by atoms with Gasteiger partial charge in [-0.1, -0.05) is 0 Å². The maximum absolute atomic E-state index is 8.77. The first-order chi connectivity index (χ1) is 4.00. The van der Waals surface area contributed by atoms with Crippen molar-refractivity contribution in [2.24, 2.45) is 0 Å². The van der Waals surface area contributed by atoms with Crippen molar-refractivity contribution >= 4 is 38.7 Å². The molecule has 0 amide bonds. The Morgan fingerprint density at radius 2 is 0.769 bits per heavy atom. The molecular formula is H8MgO10P2. The summed E-state index contributed by atoms with van der Waals surface area (Å²) in [4.78, 5) is 45.8. The Kier molecular flexibility index (Phi) is 24.7. The first-order valence-corrected chi connectivity index (χ1v) is 4.59. The van der Waals surface area contributed by atoms with Gasteiger partial charge in [-0.25, -0.2) is 0 Å². The van der Waals surface area contributed by atoms with Crippen LogP contribution in [0.4, 0.5) is 0 Å². The molecule has 0 atom stereocenters. The molecule has 0 radical (unpaired) electrons. The van der Waals surface area contributed by atoms with Gasteiger partial charge >= 0.3 is 23.1 Å². The van der Waals surface area contributed by atoms with Gasteiger partial charge in [-0.3, -0.25) is 9.13 Å². The average Bonchev–Trinajstić information content (AvgIpc) is 1.12. The molecule has 0 spiro atoms. The van der Waals surface area contributed by atoms with E-state index in [9.17, 15) is 0 Å². The summed E-state index contributed by atoms with van der Waals surface area (Å²) < 4.78 is 17.5. The summed E-state index contributed by atoms with van der Waals surface area (Å²) in [5, 5.41) is 0. The average molecular weight is 254 g/mol. The van der Waals surface area contributed by atoms with E-state index in [1.54, 1.807) is 0 Å². The van der Waals surface area contributed by atoms with Gasteiger partial charge in [0.05, 0.1) is 0 Å². The molecule has 13 heavy (non-hydrogen) atoms. The van der Waals surface area contributed by atoms with E-state index in [1.807, 2.05) is 0 Å². The molecule has 10 nitrogen and oxygen atoms in total. The second-order valence-electron chi connectivity index (χ2n) is 0.981. The molecule has 0 saturated carbocycles. The van der Waals surface area contributed by atoms with Gasteiger partial charge in [0, 0.05) is 0 Å². The molecule has 0 aromatic heterocycles. The predicted molar refractivity (Wildman–Crippen MR) is 37.1 cm³/mol. The van der Waals surface area contributed by atoms with Gasteiger partial charge in [0.15, 0.2) is 0 Å². The normalized spacial score (nSPS) is 9.08. The SMILES string of the molecule is O.O.O=P([O-])(O)O.O=P([O-])(O)O.[Mg+2]. The standard InChI is InChI=1S/Mg.2H3O4P.2H2O/c;2*1-5(2,3)4;;/h;2*(H3,1,2,3,4);2*1H2/q+2;;;;/p-2. The van der Waals surface area contributed by atoms with E-state index < -0.39 is 15.6 Å². The van der Waals surface area contributed by atoms with Gasteiger partial charge in [0.1, 0.15) is 0 Å². The number of rotatable bonds is 0. The van der Waals surface area contributed by atoms with Crippen molar-refractivity contribution in [3.63, 3.8) is 0 Å². The smallest absolute Gasteiger partial charge is 0.756 e. The van der Waals surface area contributed by atoms with E-state index in [4.69, 9.17) is 38.5 Å². The Balaban J connectivity index is -0.0000000267. The fraction of sp³-hybridized carbons (Fsp3) is 0. The minimum absolute atomic E-state index is 0. The van der Waals surface area contributed by atoms with Crippen LogP contribution in [0.3, 0.4) is 0 Å². The third-order valence-corrected chi connectivity index (χ3v) is 0. The Bertz CT molecular complexity index is 125. The third-order valence-electron chi connectivity index (χ3n) is 0. The summed E-state index contributed by atoms with van der Waals surface area (Å²) >= 11 is 0. The van der Waals surface area contributed by atoms with E-state index in [1.165, 1.54) is 0 Å². The minimum atomic E-state index is -4.89. The molecule has 0 fully saturated rings. The van der Waals surface area contributed by atoms with Crippen LogP contribution in [0.5, 0.6) is 0 Å². The zero-order valence-electron chi connectivity index (χ0n) is 6.02. The van der Waals surface area contributed by atoms with Crippen molar-refractivity contribution in [1.82, 2.24) is 0 Å². The molecule has 0 heterocycles. The van der Waals surface area contributed by atoms with E-state index in [2.05, 4.69) is 0 Å². The van der Waals surface area contributed by atoms with Crippen LogP contribution in [-0.4, -0.2) is 53.6 Å². The molecule has 8 N–H and O–H groups in total. The zero-order chi connectivity index (χ0) is 9.00. The predicted octanol–water partition coefficient (Wildman–Crippen LogP) is -5.15. The molecule has 0 bridgehead atoms. The monoisotopic (exact) mass is 254 g/mol. The second kappa shape index (κ2) is 11.0. The van der Waals surface area contributed by atoms with Crippen LogP contribution in [0.2, 0.25) is 0 Å². The van der Waals surface area contributed by atoms with Crippen LogP contribution in [0.1, 0.15) is 0 Å². The van der Waals surface area contributed by atoms with Gasteiger partial charge in [0.25, 0.3) is 15.6 Å². The van der Waals surface area contributed by atoms with Crippen LogP contribution >= 0.6 is 15.6 Å². The molecule has 80 valence electrons. The van der Waals surface area contributed by atoms with Crippen molar-refractivity contribution in [2.45, 2.75) is 0 Å². The van der Waals surface area contributed by atoms with Crippen LogP contribution < -0.4 is 9.79 Å². The maximum Gasteiger partial charge on any atom is 2.00 e. The topological polar surface area (TPSA) is 224 Å². The summed E-state index contributed by atoms with van der Waals surface area (Å²) in [6, 6.07) is 0. The van der Waals surface area contributed by atoms with Crippen LogP contribution in [0, 0.1) is 0 Å². The van der Waals surface area contributed by atoms with Gasteiger partial charge in [0.2, 0.25) is 0 Å². The molecule has 0 rings (SSSR count). The zero-order valence-corrected chi connectivity index (χ0v) is 9.23. The van der Waals surface area contributed by atoms with Gasteiger partial charge in [-0.2, -0.15) is 0 Å². The van der Waals surface area contributed by atoms with Crippen molar-refractivity contribution in [1.29, 1.82) is 0 Å². The Morgan fingerprint density at radius 1 is 0.769 bits per heavy atom. The van der Waals surface area contributed by atoms with E-state index >= 15 is 0 Å². The summed E-state index contributed by atoms with van der Waals surface area (Å²) in [5.74, 6) is 0. The third kappa shape index (κ3) is 1870. The van der Waals surface area contributed by atoms with Crippen molar-refractivity contribution < 1.29 is 49.4 Å². The summed E-state index contributed by atoms with van der Waals surface area (Å²) in [6.07, 6.45) is 0. The fourth-order valence-electron chi connectivity index (χ4n) is 0. The molecule has 0 aliphatic carbocycles. The van der Waals surface area contributed by atoms with Crippen LogP contribution in [0.25, 0.3) is 0 Å². The quantitative estimate of drug-likeness (QED) is 0.241. The van der Waals surface area contributed by atoms with E-state index in [-0.39, 0.29) is 34.0 Å². The second-order valence-corrected chi connectivity index (χ2v) is 2.94. The summed E-state index contributed by atoms with van der Waals surface area (Å²) in [5.41, 5.74) is 0. The van der Waals surface area contributed by atoms with E-state index in [0.717, 1.165) is 0 Å². The van der Waals surface area contributed by atoms with Crippen molar-refractivity contribution in [2.75, 3.05) is 0 Å². The Hall–Kier alpha value is 0.906. The fourth-order valence-corrected chi connectivity index (χ4v) is 0. The van der Waals surface area contributed by atoms with Crippen LogP contribution in [0.15, 0.2) is 0 Å². The Labute approximate surface area is 88.5 Å². The summed E-state index contributed by atoms with van der Waals surface area (Å²) in [6.45, 7) is 0. The first-order valence-electron chi connectivity index (χ1n) is 1.53. The molecule has 0 unspecified atom stereocenters. The molecule has 0 aromatic carbocycles. The molecule has 0 aromatic rings. The number of hydrogen-bond donors (Lipinski definition) is 4. The summed E-state index contributed by atoms with van der Waals surface area (Å²) in [7, 11) is -9.78. The Morgan fingerprint density at radius 3 is 0.769 bits per heavy atom. The van der Waals surface area contributed by atoms with E-state index in [0.29, 0.717) is 0 Å². The minimum Gasteiger partial charge on any atom is -0.756 e. The maximum atomic E-state index is 8.77. The van der Waals surface area contributed by atoms with Crippen molar-refractivity contribution in [3.8, 4) is 0 Å². The first kappa shape index (κ1) is 29.2. The van der Waals surface area contributed by atoms with Gasteiger partial charge in [-0.15, -0.1) is 0 Å². The molecular weight excluding hydrogens is 246 g/mol. The molecule has 13 heteroatoms. The van der Waals surface area contributed by atoms with Crippen molar-refractivity contribution in [3.05, 3.63) is 0 Å². The largest absolute Gasteiger partial charge is 2.00 e.